The first kappa shape index (κ1) is 14.5. The van der Waals surface area contributed by atoms with Gasteiger partial charge in [0.1, 0.15) is 5.01 Å². The second-order valence-corrected chi connectivity index (χ2v) is 7.53. The molecule has 2 atom stereocenters. The highest BCUT2D eigenvalue weighted by atomic mass is 32.1. The van der Waals surface area contributed by atoms with Gasteiger partial charge in [0, 0.05) is 18.0 Å². The molecule has 3 rings (SSSR count). The number of aryl methyl sites for hydroxylation is 2. The fraction of sp³-hybridized carbons (Fsp3) is 0.812. The van der Waals surface area contributed by atoms with E-state index in [4.69, 9.17) is 9.72 Å². The van der Waals surface area contributed by atoms with Gasteiger partial charge in [-0.2, -0.15) is 0 Å². The van der Waals surface area contributed by atoms with Gasteiger partial charge in [0.25, 0.3) is 0 Å². The minimum Gasteiger partial charge on any atom is -0.381 e. The molecule has 2 saturated carbocycles. The van der Waals surface area contributed by atoms with Crippen LogP contribution in [0.25, 0.3) is 0 Å². The fourth-order valence-corrected chi connectivity index (χ4v) is 4.59. The highest BCUT2D eigenvalue weighted by Crippen LogP contribution is 2.42. The molecule has 1 aromatic heterocycles. The summed E-state index contributed by atoms with van der Waals surface area (Å²) in [6, 6.07) is 0.708. The summed E-state index contributed by atoms with van der Waals surface area (Å²) in [5.74, 6) is 0. The monoisotopic (exact) mass is 294 g/mol. The van der Waals surface area contributed by atoms with E-state index in [1.165, 1.54) is 47.7 Å². The molecule has 0 aliphatic heterocycles. The molecule has 0 saturated heterocycles. The average molecular weight is 294 g/mol. The third-order valence-corrected chi connectivity index (χ3v) is 5.95. The summed E-state index contributed by atoms with van der Waals surface area (Å²) < 4.78 is 5.67. The van der Waals surface area contributed by atoms with E-state index in [0.717, 1.165) is 12.8 Å². The summed E-state index contributed by atoms with van der Waals surface area (Å²) in [6.45, 7) is 4.41. The normalized spacial score (nSPS) is 30.6. The van der Waals surface area contributed by atoms with E-state index >= 15 is 0 Å². The topological polar surface area (TPSA) is 34.2 Å². The Labute approximate surface area is 126 Å². The summed E-state index contributed by atoms with van der Waals surface area (Å²) >= 11 is 1.90. The van der Waals surface area contributed by atoms with E-state index in [9.17, 15) is 0 Å². The number of hydrogen-bond acceptors (Lipinski definition) is 4. The van der Waals surface area contributed by atoms with Crippen molar-refractivity contribution in [3.05, 3.63) is 15.6 Å². The minimum atomic E-state index is 0.0724. The van der Waals surface area contributed by atoms with Crippen LogP contribution in [0.2, 0.25) is 0 Å². The molecule has 4 heteroatoms. The summed E-state index contributed by atoms with van der Waals surface area (Å²) in [6.07, 6.45) is 8.78. The summed E-state index contributed by atoms with van der Waals surface area (Å²) in [4.78, 5) is 6.36. The molecule has 20 heavy (non-hydrogen) atoms. The standard InChI is InChI=1S/C16H26N2OS/c1-4-14-11(2)20-15(17-14)16(18-12-7-8-12)9-5-6-13(10-16)19-3/h12-13,18H,4-10H2,1-3H3. The molecule has 0 radical (unpaired) electrons. The Kier molecular flexibility index (Phi) is 4.16. The van der Waals surface area contributed by atoms with Gasteiger partial charge in [-0.05, 0) is 51.9 Å². The summed E-state index contributed by atoms with van der Waals surface area (Å²) in [5, 5.41) is 5.23. The van der Waals surface area contributed by atoms with Crippen molar-refractivity contribution >= 4 is 11.3 Å². The van der Waals surface area contributed by atoms with Crippen LogP contribution in [0.4, 0.5) is 0 Å². The number of nitrogens with zero attached hydrogens (tertiary/aromatic N) is 1. The lowest BCUT2D eigenvalue weighted by molar-refractivity contribution is 0.0284. The van der Waals surface area contributed by atoms with Crippen molar-refractivity contribution < 1.29 is 4.74 Å². The Morgan fingerprint density at radius 2 is 2.20 bits per heavy atom. The molecule has 2 fully saturated rings. The number of rotatable bonds is 5. The van der Waals surface area contributed by atoms with Crippen LogP contribution < -0.4 is 5.32 Å². The van der Waals surface area contributed by atoms with Crippen LogP contribution in [-0.2, 0) is 16.7 Å². The molecule has 0 aromatic carbocycles. The maximum Gasteiger partial charge on any atom is 0.113 e. The van der Waals surface area contributed by atoms with E-state index in [2.05, 4.69) is 19.2 Å². The Balaban J connectivity index is 1.90. The SMILES string of the molecule is CCc1nc(C2(NC3CC3)CCCC(OC)C2)sc1C. The molecule has 0 spiro atoms. The second kappa shape index (κ2) is 5.74. The summed E-state index contributed by atoms with van der Waals surface area (Å²) in [7, 11) is 1.85. The summed E-state index contributed by atoms with van der Waals surface area (Å²) in [5.41, 5.74) is 1.35. The van der Waals surface area contributed by atoms with Gasteiger partial charge < -0.3 is 10.1 Å². The predicted octanol–water partition coefficient (Wildman–Crippen LogP) is 3.55. The number of ether oxygens (including phenoxy) is 1. The van der Waals surface area contributed by atoms with Crippen LogP contribution in [0.1, 0.15) is 61.0 Å². The van der Waals surface area contributed by atoms with Gasteiger partial charge in [0.15, 0.2) is 0 Å². The third-order valence-electron chi connectivity index (χ3n) is 4.73. The van der Waals surface area contributed by atoms with Crippen molar-refractivity contribution in [1.82, 2.24) is 10.3 Å². The number of nitrogens with one attached hydrogen (secondary N) is 1. The zero-order chi connectivity index (χ0) is 14.2. The minimum absolute atomic E-state index is 0.0724. The maximum absolute atomic E-state index is 5.67. The molecule has 112 valence electrons. The fourth-order valence-electron chi connectivity index (χ4n) is 3.39. The molecular weight excluding hydrogens is 268 g/mol. The second-order valence-electron chi connectivity index (χ2n) is 6.33. The number of methoxy groups -OCH3 is 1. The average Bonchev–Trinajstić information content (AvgIpc) is 3.18. The zero-order valence-electron chi connectivity index (χ0n) is 12.9. The lowest BCUT2D eigenvalue weighted by atomic mass is 9.80. The van der Waals surface area contributed by atoms with Crippen LogP contribution >= 0.6 is 11.3 Å². The molecule has 1 aromatic rings. The Bertz CT molecular complexity index is 469. The maximum atomic E-state index is 5.67. The quantitative estimate of drug-likeness (QED) is 0.902. The molecule has 2 aliphatic carbocycles. The molecule has 0 amide bonds. The van der Waals surface area contributed by atoms with Crippen molar-refractivity contribution in [3.63, 3.8) is 0 Å². The molecule has 1 N–H and O–H groups in total. The third kappa shape index (κ3) is 2.78. The molecular formula is C16H26N2OS. The van der Waals surface area contributed by atoms with Crippen LogP contribution in [0.3, 0.4) is 0 Å². The Morgan fingerprint density at radius 1 is 1.40 bits per heavy atom. The highest BCUT2D eigenvalue weighted by Gasteiger charge is 2.43. The Morgan fingerprint density at radius 3 is 2.80 bits per heavy atom. The molecule has 0 bridgehead atoms. The first-order valence-electron chi connectivity index (χ1n) is 7.94. The molecule has 3 nitrogen and oxygen atoms in total. The van der Waals surface area contributed by atoms with Gasteiger partial charge in [-0.1, -0.05) is 6.92 Å². The van der Waals surface area contributed by atoms with Crippen molar-refractivity contribution in [3.8, 4) is 0 Å². The van der Waals surface area contributed by atoms with Gasteiger partial charge in [0.2, 0.25) is 0 Å². The smallest absolute Gasteiger partial charge is 0.113 e. The van der Waals surface area contributed by atoms with E-state index < -0.39 is 0 Å². The Hall–Kier alpha value is -0.450. The van der Waals surface area contributed by atoms with Gasteiger partial charge in [-0.3, -0.25) is 0 Å². The number of thiazole rings is 1. The van der Waals surface area contributed by atoms with E-state index in [1.807, 2.05) is 18.4 Å². The molecule has 2 aliphatic rings. The first-order valence-corrected chi connectivity index (χ1v) is 8.76. The first-order chi connectivity index (χ1) is 9.66. The highest BCUT2D eigenvalue weighted by molar-refractivity contribution is 7.11. The number of hydrogen-bond donors (Lipinski definition) is 1. The van der Waals surface area contributed by atoms with Crippen LogP contribution in [0.15, 0.2) is 0 Å². The van der Waals surface area contributed by atoms with Crippen molar-refractivity contribution in [1.29, 1.82) is 0 Å². The molecule has 2 unspecified atom stereocenters. The van der Waals surface area contributed by atoms with Gasteiger partial charge in [-0.15, -0.1) is 11.3 Å². The van der Waals surface area contributed by atoms with Gasteiger partial charge >= 0.3 is 0 Å². The van der Waals surface area contributed by atoms with Gasteiger partial charge in [0.05, 0.1) is 17.3 Å². The van der Waals surface area contributed by atoms with Gasteiger partial charge in [-0.25, -0.2) is 4.98 Å². The van der Waals surface area contributed by atoms with Crippen molar-refractivity contribution in [2.45, 2.75) is 76.5 Å². The van der Waals surface area contributed by atoms with Crippen LogP contribution in [0.5, 0.6) is 0 Å². The largest absolute Gasteiger partial charge is 0.381 e. The lowest BCUT2D eigenvalue weighted by Gasteiger charge is -2.40. The predicted molar refractivity (Wildman–Crippen MR) is 83.3 cm³/mol. The van der Waals surface area contributed by atoms with Crippen molar-refractivity contribution in [2.75, 3.05) is 7.11 Å². The number of aromatic nitrogens is 1. The lowest BCUT2D eigenvalue weighted by Crippen LogP contribution is -2.48. The molecule has 1 heterocycles. The van der Waals surface area contributed by atoms with Crippen molar-refractivity contribution in [2.24, 2.45) is 0 Å². The van der Waals surface area contributed by atoms with E-state index in [0.29, 0.717) is 12.1 Å². The zero-order valence-corrected chi connectivity index (χ0v) is 13.7. The van der Waals surface area contributed by atoms with E-state index in [1.54, 1.807) is 0 Å². The van der Waals surface area contributed by atoms with Crippen LogP contribution in [0, 0.1) is 6.92 Å². The van der Waals surface area contributed by atoms with E-state index in [-0.39, 0.29) is 5.54 Å². The van der Waals surface area contributed by atoms with Crippen LogP contribution in [-0.4, -0.2) is 24.2 Å².